The van der Waals surface area contributed by atoms with Crippen LogP contribution in [0.15, 0.2) is 65.4 Å². The molecule has 0 saturated carbocycles. The molecule has 0 aliphatic heterocycles. The van der Waals surface area contributed by atoms with Crippen LogP contribution in [-0.2, 0) is 17.8 Å². The number of aliphatic carboxylic acids is 1. The molecule has 0 bridgehead atoms. The van der Waals surface area contributed by atoms with Gasteiger partial charge in [-0.1, -0.05) is 23.8 Å². The van der Waals surface area contributed by atoms with Crippen molar-refractivity contribution in [3.8, 4) is 17.2 Å². The lowest BCUT2D eigenvalue weighted by molar-refractivity contribution is -0.137. The van der Waals surface area contributed by atoms with Crippen molar-refractivity contribution in [2.75, 3.05) is 6.61 Å². The van der Waals surface area contributed by atoms with Crippen LogP contribution in [-0.4, -0.2) is 27.2 Å². The monoisotopic (exact) mass is 404 g/mol. The number of aryl methyl sites for hydroxylation is 2. The van der Waals surface area contributed by atoms with E-state index in [0.717, 1.165) is 27.9 Å². The maximum absolute atomic E-state index is 10.7. The van der Waals surface area contributed by atoms with Crippen molar-refractivity contribution in [1.82, 2.24) is 9.55 Å². The number of oxazole rings is 1. The summed E-state index contributed by atoms with van der Waals surface area (Å²) in [4.78, 5) is 15.3. The Morgan fingerprint density at radius 3 is 2.90 bits per heavy atom. The minimum absolute atomic E-state index is 0.165. The van der Waals surface area contributed by atoms with Crippen molar-refractivity contribution in [3.05, 3.63) is 72.2 Å². The molecule has 30 heavy (non-hydrogen) atoms. The number of carbonyl (C=O) groups is 1. The predicted octanol–water partition coefficient (Wildman–Crippen LogP) is 5.09. The Labute approximate surface area is 174 Å². The molecule has 6 heteroatoms. The molecule has 0 aliphatic rings. The Hall–Kier alpha value is -3.54. The molecular weight excluding hydrogens is 380 g/mol. The van der Waals surface area contributed by atoms with Crippen molar-refractivity contribution >= 4 is 16.9 Å². The third kappa shape index (κ3) is 4.54. The number of nitrogens with zero attached hydrogens (tertiary/aromatic N) is 2. The van der Waals surface area contributed by atoms with E-state index in [0.29, 0.717) is 31.9 Å². The smallest absolute Gasteiger partial charge is 0.303 e. The van der Waals surface area contributed by atoms with Gasteiger partial charge in [-0.15, -0.1) is 0 Å². The lowest BCUT2D eigenvalue weighted by atomic mass is 10.1. The number of aromatic nitrogens is 2. The van der Waals surface area contributed by atoms with Gasteiger partial charge in [0, 0.05) is 36.5 Å². The summed E-state index contributed by atoms with van der Waals surface area (Å²) in [6.07, 6.45) is 5.06. The molecule has 0 saturated heterocycles. The van der Waals surface area contributed by atoms with E-state index in [1.54, 1.807) is 6.26 Å². The van der Waals surface area contributed by atoms with Crippen molar-refractivity contribution < 1.29 is 19.1 Å². The van der Waals surface area contributed by atoms with Crippen LogP contribution in [0.2, 0.25) is 0 Å². The van der Waals surface area contributed by atoms with Crippen LogP contribution >= 0.6 is 0 Å². The van der Waals surface area contributed by atoms with Gasteiger partial charge in [-0.2, -0.15) is 0 Å². The molecule has 1 N–H and O–H groups in total. The summed E-state index contributed by atoms with van der Waals surface area (Å²) in [5.41, 5.74) is 4.03. The molecule has 0 fully saturated rings. The van der Waals surface area contributed by atoms with Gasteiger partial charge in [-0.25, -0.2) is 4.98 Å². The summed E-state index contributed by atoms with van der Waals surface area (Å²) in [7, 11) is 0. The summed E-state index contributed by atoms with van der Waals surface area (Å²) < 4.78 is 13.7. The van der Waals surface area contributed by atoms with Crippen molar-refractivity contribution in [3.63, 3.8) is 0 Å². The second kappa shape index (κ2) is 8.86. The van der Waals surface area contributed by atoms with E-state index in [4.69, 9.17) is 14.3 Å². The second-order valence-corrected chi connectivity index (χ2v) is 7.31. The molecule has 0 unspecified atom stereocenters. The zero-order chi connectivity index (χ0) is 20.9. The maximum Gasteiger partial charge on any atom is 0.303 e. The highest BCUT2D eigenvalue weighted by Crippen LogP contribution is 2.27. The zero-order valence-electron chi connectivity index (χ0n) is 16.9. The van der Waals surface area contributed by atoms with Crippen molar-refractivity contribution in [2.24, 2.45) is 0 Å². The minimum Gasteiger partial charge on any atom is -0.492 e. The van der Waals surface area contributed by atoms with Gasteiger partial charge in [0.2, 0.25) is 5.89 Å². The first-order chi connectivity index (χ1) is 14.6. The molecule has 154 valence electrons. The van der Waals surface area contributed by atoms with Crippen LogP contribution in [0.3, 0.4) is 0 Å². The number of ether oxygens (including phenoxy) is 1. The normalized spacial score (nSPS) is 11.1. The number of carboxylic acids is 1. The number of benzene rings is 2. The number of hydrogen-bond donors (Lipinski definition) is 1. The van der Waals surface area contributed by atoms with Gasteiger partial charge in [0.25, 0.3) is 0 Å². The van der Waals surface area contributed by atoms with Crippen molar-refractivity contribution in [2.45, 2.75) is 32.7 Å². The molecule has 0 amide bonds. The van der Waals surface area contributed by atoms with E-state index in [1.165, 1.54) is 5.56 Å². The molecule has 4 rings (SSSR count). The SMILES string of the molecule is Cc1cccc(-c2nc(CCOc3cccc4c3ccn4CCCC(=O)O)co2)c1. The summed E-state index contributed by atoms with van der Waals surface area (Å²) in [6.45, 7) is 3.20. The van der Waals surface area contributed by atoms with Gasteiger partial charge in [-0.05, 0) is 43.7 Å². The lowest BCUT2D eigenvalue weighted by Gasteiger charge is -2.08. The number of fused-ring (bicyclic) bond motifs is 1. The van der Waals surface area contributed by atoms with E-state index >= 15 is 0 Å². The Morgan fingerprint density at radius 2 is 2.07 bits per heavy atom. The van der Waals surface area contributed by atoms with Crippen LogP contribution in [0.4, 0.5) is 0 Å². The maximum atomic E-state index is 10.7. The standard InChI is InChI=1S/C24H24N2O4/c1-17-5-2-6-18(15-17)24-25-19(16-30-24)11-14-29-22-8-3-7-21-20(22)10-13-26(21)12-4-9-23(27)28/h2-3,5-8,10,13,15-16H,4,9,11-12,14H2,1H3,(H,27,28). The van der Waals surface area contributed by atoms with Crippen molar-refractivity contribution in [1.29, 1.82) is 0 Å². The Bertz CT molecular complexity index is 1160. The first-order valence-corrected chi connectivity index (χ1v) is 10.0. The average molecular weight is 404 g/mol. The molecule has 0 atom stereocenters. The molecule has 4 aromatic rings. The summed E-state index contributed by atoms with van der Waals surface area (Å²) in [6, 6.07) is 16.0. The number of hydrogen-bond acceptors (Lipinski definition) is 4. The molecule has 2 aromatic carbocycles. The Morgan fingerprint density at radius 1 is 1.20 bits per heavy atom. The first-order valence-electron chi connectivity index (χ1n) is 10.0. The van der Waals surface area contributed by atoms with Gasteiger partial charge in [-0.3, -0.25) is 4.79 Å². The molecule has 0 spiro atoms. The Balaban J connectivity index is 1.38. The van der Waals surface area contributed by atoms with Crippen LogP contribution in [0.25, 0.3) is 22.4 Å². The van der Waals surface area contributed by atoms with Gasteiger partial charge in [0.15, 0.2) is 0 Å². The summed E-state index contributed by atoms with van der Waals surface area (Å²) in [5.74, 6) is 0.662. The molecule has 0 radical (unpaired) electrons. The van der Waals surface area contributed by atoms with Gasteiger partial charge >= 0.3 is 5.97 Å². The number of carboxylic acid groups (broad SMARTS) is 1. The van der Waals surface area contributed by atoms with Crippen LogP contribution in [0.1, 0.15) is 24.1 Å². The van der Waals surface area contributed by atoms with Gasteiger partial charge < -0.3 is 18.8 Å². The van der Waals surface area contributed by atoms with Gasteiger partial charge in [0.05, 0.1) is 17.8 Å². The highest BCUT2D eigenvalue weighted by molar-refractivity contribution is 5.86. The van der Waals surface area contributed by atoms with Crippen LogP contribution < -0.4 is 4.74 Å². The summed E-state index contributed by atoms with van der Waals surface area (Å²) in [5, 5.41) is 9.85. The molecule has 2 heterocycles. The van der Waals surface area contributed by atoms with E-state index in [9.17, 15) is 4.79 Å². The topological polar surface area (TPSA) is 77.5 Å². The molecular formula is C24H24N2O4. The molecule has 0 aliphatic carbocycles. The fourth-order valence-corrected chi connectivity index (χ4v) is 3.51. The highest BCUT2D eigenvalue weighted by Gasteiger charge is 2.10. The third-order valence-electron chi connectivity index (χ3n) is 5.00. The fraction of sp³-hybridized carbons (Fsp3) is 0.250. The average Bonchev–Trinajstić information content (AvgIpc) is 3.36. The minimum atomic E-state index is -0.770. The third-order valence-corrected chi connectivity index (χ3v) is 5.00. The Kier molecular flexibility index (Phi) is 5.84. The zero-order valence-corrected chi connectivity index (χ0v) is 16.9. The highest BCUT2D eigenvalue weighted by atomic mass is 16.5. The predicted molar refractivity (Wildman–Crippen MR) is 115 cm³/mol. The lowest BCUT2D eigenvalue weighted by Crippen LogP contribution is -2.03. The molecule has 6 nitrogen and oxygen atoms in total. The fourth-order valence-electron chi connectivity index (χ4n) is 3.51. The quantitative estimate of drug-likeness (QED) is 0.420. The van der Waals surface area contributed by atoms with Crippen LogP contribution in [0, 0.1) is 6.92 Å². The van der Waals surface area contributed by atoms with E-state index in [2.05, 4.69) is 9.55 Å². The number of rotatable bonds is 9. The summed E-state index contributed by atoms with van der Waals surface area (Å²) >= 11 is 0. The van der Waals surface area contributed by atoms with Gasteiger partial charge in [0.1, 0.15) is 12.0 Å². The molecule has 2 aromatic heterocycles. The first kappa shape index (κ1) is 19.8. The van der Waals surface area contributed by atoms with E-state index in [1.807, 2.05) is 61.7 Å². The van der Waals surface area contributed by atoms with Crippen LogP contribution in [0.5, 0.6) is 5.75 Å². The largest absolute Gasteiger partial charge is 0.492 e. The second-order valence-electron chi connectivity index (χ2n) is 7.31. The van der Waals surface area contributed by atoms with E-state index in [-0.39, 0.29) is 6.42 Å². The van der Waals surface area contributed by atoms with E-state index < -0.39 is 5.97 Å².